The van der Waals surface area contributed by atoms with Gasteiger partial charge in [0.15, 0.2) is 0 Å². The molecule has 0 aromatic heterocycles. The number of rotatable bonds is 14. The van der Waals surface area contributed by atoms with Crippen LogP contribution in [0.5, 0.6) is 0 Å². The van der Waals surface area contributed by atoms with Crippen molar-refractivity contribution in [2.45, 2.75) is 115 Å². The Kier molecular flexibility index (Phi) is 11.9. The quantitative estimate of drug-likeness (QED) is 0.167. The highest BCUT2D eigenvalue weighted by Crippen LogP contribution is 2.30. The van der Waals surface area contributed by atoms with Crippen molar-refractivity contribution < 1.29 is 39.1 Å². The van der Waals surface area contributed by atoms with E-state index < -0.39 is 31.1 Å². The van der Waals surface area contributed by atoms with Crippen molar-refractivity contribution in [3.05, 3.63) is 12.2 Å². The second-order valence-electron chi connectivity index (χ2n) is 9.71. The zero-order valence-electron chi connectivity index (χ0n) is 20.8. The molecule has 0 aromatic rings. The number of aliphatic hydroxyl groups is 3. The molecule has 8 atom stereocenters. The van der Waals surface area contributed by atoms with Crippen molar-refractivity contribution >= 4 is 11.9 Å². The van der Waals surface area contributed by atoms with Crippen LogP contribution in [0.25, 0.3) is 0 Å². The Morgan fingerprint density at radius 3 is 2.56 bits per heavy atom. The molecule has 2 heterocycles. The van der Waals surface area contributed by atoms with E-state index in [2.05, 4.69) is 18.8 Å². The molecule has 9 nitrogen and oxygen atoms in total. The van der Waals surface area contributed by atoms with Crippen LogP contribution in [0.3, 0.4) is 0 Å². The summed E-state index contributed by atoms with van der Waals surface area (Å²) >= 11 is 0. The lowest BCUT2D eigenvalue weighted by molar-refractivity contribution is -0.143. The first-order valence-electron chi connectivity index (χ1n) is 12.6. The number of hydrogen-bond donors (Lipinski definition) is 4. The highest BCUT2D eigenvalue weighted by molar-refractivity contribution is 5.80. The zero-order valence-corrected chi connectivity index (χ0v) is 20.8. The lowest BCUT2D eigenvalue weighted by atomic mass is 9.88. The second kappa shape index (κ2) is 14.1. The van der Waals surface area contributed by atoms with Gasteiger partial charge < -0.3 is 34.8 Å². The molecular formula is C25H43NO8. The topological polar surface area (TPSA) is 135 Å². The molecule has 2 fully saturated rings. The molecule has 34 heavy (non-hydrogen) atoms. The number of esters is 1. The summed E-state index contributed by atoms with van der Waals surface area (Å²) in [6.07, 6.45) is 1.65. The Balaban J connectivity index is 1.77. The van der Waals surface area contributed by atoms with Crippen LogP contribution in [0.4, 0.5) is 0 Å². The van der Waals surface area contributed by atoms with Crippen LogP contribution in [0, 0.1) is 11.8 Å². The van der Waals surface area contributed by atoms with Gasteiger partial charge in [0.05, 0.1) is 18.3 Å². The molecule has 0 spiro atoms. The molecule has 0 bridgehead atoms. The van der Waals surface area contributed by atoms with Crippen LogP contribution in [-0.2, 0) is 23.8 Å². The van der Waals surface area contributed by atoms with Gasteiger partial charge in [-0.05, 0) is 44.9 Å². The summed E-state index contributed by atoms with van der Waals surface area (Å²) in [5, 5.41) is 32.8. The van der Waals surface area contributed by atoms with Crippen LogP contribution >= 0.6 is 0 Å². The monoisotopic (exact) mass is 485 g/mol. The predicted molar refractivity (Wildman–Crippen MR) is 125 cm³/mol. The third-order valence-corrected chi connectivity index (χ3v) is 7.20. The minimum Gasteiger partial charge on any atom is -0.462 e. The molecular weight excluding hydrogens is 442 g/mol. The Hall–Kier alpha value is -1.52. The maximum atomic E-state index is 12.5. The second-order valence-corrected chi connectivity index (χ2v) is 9.71. The van der Waals surface area contributed by atoms with E-state index in [1.165, 1.54) is 0 Å². The summed E-state index contributed by atoms with van der Waals surface area (Å²) in [4.78, 5) is 23.8. The molecule has 0 aliphatic carbocycles. The van der Waals surface area contributed by atoms with E-state index in [9.17, 15) is 24.9 Å². The average Bonchev–Trinajstić information content (AvgIpc) is 3.19. The van der Waals surface area contributed by atoms with Gasteiger partial charge in [0, 0.05) is 25.2 Å². The Morgan fingerprint density at radius 2 is 1.97 bits per heavy atom. The molecule has 2 aliphatic rings. The number of aliphatic hydroxyl groups excluding tert-OH is 3. The Morgan fingerprint density at radius 1 is 1.24 bits per heavy atom. The van der Waals surface area contributed by atoms with Crippen molar-refractivity contribution in [2.75, 3.05) is 6.79 Å². The van der Waals surface area contributed by atoms with E-state index >= 15 is 0 Å². The van der Waals surface area contributed by atoms with E-state index in [-0.39, 0.29) is 42.5 Å². The normalized spacial score (nSPS) is 28.8. The lowest BCUT2D eigenvalue weighted by Crippen LogP contribution is -2.45. The summed E-state index contributed by atoms with van der Waals surface area (Å²) < 4.78 is 16.3. The highest BCUT2D eigenvalue weighted by Gasteiger charge is 2.32. The molecule has 9 heteroatoms. The van der Waals surface area contributed by atoms with Gasteiger partial charge in [0.2, 0.25) is 0 Å². The smallest absolute Gasteiger partial charge is 0.306 e. The molecule has 0 radical (unpaired) electrons. The van der Waals surface area contributed by atoms with Crippen LogP contribution in [0.2, 0.25) is 0 Å². The van der Waals surface area contributed by atoms with Gasteiger partial charge in [-0.2, -0.15) is 0 Å². The van der Waals surface area contributed by atoms with Crippen molar-refractivity contribution in [1.29, 1.82) is 0 Å². The largest absolute Gasteiger partial charge is 0.462 e. The fourth-order valence-electron chi connectivity index (χ4n) is 4.76. The first-order valence-corrected chi connectivity index (χ1v) is 12.6. The number of ether oxygens (including phenoxy) is 3. The minimum atomic E-state index is -1.26. The van der Waals surface area contributed by atoms with Crippen LogP contribution in [0.15, 0.2) is 12.2 Å². The molecule has 0 saturated carbocycles. The average molecular weight is 486 g/mol. The van der Waals surface area contributed by atoms with Gasteiger partial charge >= 0.3 is 5.97 Å². The summed E-state index contributed by atoms with van der Waals surface area (Å²) in [6.45, 7) is 9.52. The Labute approximate surface area is 202 Å². The maximum Gasteiger partial charge on any atom is 0.306 e. The summed E-state index contributed by atoms with van der Waals surface area (Å²) in [5.41, 5.74) is 1.05. The van der Waals surface area contributed by atoms with Gasteiger partial charge in [-0.3, -0.25) is 9.59 Å². The molecule has 2 saturated heterocycles. The molecule has 4 N–H and O–H groups in total. The first-order chi connectivity index (χ1) is 16.1. The van der Waals surface area contributed by atoms with Crippen molar-refractivity contribution in [2.24, 2.45) is 11.8 Å². The maximum absolute atomic E-state index is 12.5. The SMILES string of the molecule is C=C1CC(CC(O)C(=O)NC(CCC[C@@H](CC)C(O)CC2CCC(=O)O2)OCO)OC(C)[C@@H]1C. The molecule has 2 aliphatic heterocycles. The van der Waals surface area contributed by atoms with Gasteiger partial charge in [0.25, 0.3) is 5.91 Å². The van der Waals surface area contributed by atoms with E-state index in [0.29, 0.717) is 44.9 Å². The molecule has 6 unspecified atom stereocenters. The predicted octanol–water partition coefficient (Wildman–Crippen LogP) is 2.17. The number of nitrogens with one attached hydrogen (secondary N) is 1. The van der Waals surface area contributed by atoms with Gasteiger partial charge in [0.1, 0.15) is 25.2 Å². The van der Waals surface area contributed by atoms with E-state index in [4.69, 9.17) is 14.2 Å². The number of carbonyl (C=O) groups excluding carboxylic acids is 2. The fraction of sp³-hybridized carbons (Fsp3) is 0.840. The van der Waals surface area contributed by atoms with Crippen molar-refractivity contribution in [1.82, 2.24) is 5.32 Å². The minimum absolute atomic E-state index is 0.0189. The van der Waals surface area contributed by atoms with E-state index in [1.54, 1.807) is 0 Å². The number of carbonyl (C=O) groups is 2. The zero-order chi connectivity index (χ0) is 25.3. The molecule has 2 rings (SSSR count). The van der Waals surface area contributed by atoms with Crippen LogP contribution in [0.1, 0.15) is 78.6 Å². The summed E-state index contributed by atoms with van der Waals surface area (Å²) in [6, 6.07) is 0. The number of cyclic esters (lactones) is 1. The van der Waals surface area contributed by atoms with Crippen LogP contribution in [-0.4, -0.2) is 70.7 Å². The van der Waals surface area contributed by atoms with E-state index in [1.807, 2.05) is 13.8 Å². The van der Waals surface area contributed by atoms with Gasteiger partial charge in [-0.25, -0.2) is 0 Å². The molecule has 196 valence electrons. The summed E-state index contributed by atoms with van der Waals surface area (Å²) in [7, 11) is 0. The molecule has 0 aromatic carbocycles. The Bertz CT molecular complexity index is 671. The molecule has 1 amide bonds. The van der Waals surface area contributed by atoms with E-state index in [0.717, 1.165) is 12.0 Å². The fourth-order valence-corrected chi connectivity index (χ4v) is 4.76. The van der Waals surface area contributed by atoms with Gasteiger partial charge in [-0.1, -0.05) is 32.4 Å². The lowest BCUT2D eigenvalue weighted by Gasteiger charge is -2.35. The standard InChI is InChI=1S/C25H43NO8/c1-5-18(21(28)12-19-9-10-24(30)34-19)7-6-8-23(32-14-27)26-25(31)22(29)13-20-11-15(2)16(3)17(4)33-20/h16-23,27-29H,2,5-14H2,1,3-4H3,(H,26,31)/t16-,17?,18-,19?,20?,21?,22?,23?/m1/s1. The number of amides is 1. The van der Waals surface area contributed by atoms with Crippen LogP contribution < -0.4 is 5.32 Å². The third-order valence-electron chi connectivity index (χ3n) is 7.20. The number of hydrogen-bond acceptors (Lipinski definition) is 8. The van der Waals surface area contributed by atoms with Crippen molar-refractivity contribution in [3.8, 4) is 0 Å². The first kappa shape index (κ1) is 28.7. The van der Waals surface area contributed by atoms with Crippen molar-refractivity contribution in [3.63, 3.8) is 0 Å². The third kappa shape index (κ3) is 8.92. The van der Waals surface area contributed by atoms with Gasteiger partial charge in [-0.15, -0.1) is 0 Å². The summed E-state index contributed by atoms with van der Waals surface area (Å²) in [5.74, 6) is -0.523. The highest BCUT2D eigenvalue weighted by atomic mass is 16.6.